The van der Waals surface area contributed by atoms with Crippen molar-refractivity contribution in [3.05, 3.63) is 64.7 Å². The predicted molar refractivity (Wildman–Crippen MR) is 119 cm³/mol. The minimum atomic E-state index is -0.299. The van der Waals surface area contributed by atoms with Crippen molar-refractivity contribution < 1.29 is 19.1 Å². The van der Waals surface area contributed by atoms with E-state index in [1.807, 2.05) is 37.3 Å². The van der Waals surface area contributed by atoms with Crippen LogP contribution in [0.15, 0.2) is 48.5 Å². The largest absolute Gasteiger partial charge is 0.493 e. The van der Waals surface area contributed by atoms with E-state index in [9.17, 15) is 9.59 Å². The Balaban J connectivity index is 1.80. The highest BCUT2D eigenvalue weighted by Crippen LogP contribution is 2.36. The van der Waals surface area contributed by atoms with E-state index in [1.54, 1.807) is 18.2 Å². The molecule has 0 aliphatic heterocycles. The van der Waals surface area contributed by atoms with Gasteiger partial charge in [0.1, 0.15) is 0 Å². The Labute approximate surface area is 182 Å². The zero-order valence-electron chi connectivity index (χ0n) is 17.2. The van der Waals surface area contributed by atoms with Crippen LogP contribution in [-0.2, 0) is 16.1 Å². The first-order valence-corrected chi connectivity index (χ1v) is 10.2. The second-order valence-electron chi connectivity index (χ2n) is 6.52. The molecule has 30 heavy (non-hydrogen) atoms. The van der Waals surface area contributed by atoms with Crippen molar-refractivity contribution in [1.82, 2.24) is 10.6 Å². The summed E-state index contributed by atoms with van der Waals surface area (Å²) in [7, 11) is 1.54. The van der Waals surface area contributed by atoms with E-state index in [0.717, 1.165) is 12.0 Å². The zero-order valence-corrected chi connectivity index (χ0v) is 18.0. The van der Waals surface area contributed by atoms with Crippen molar-refractivity contribution in [3.63, 3.8) is 0 Å². The molecule has 0 bridgehead atoms. The predicted octanol–water partition coefficient (Wildman–Crippen LogP) is 3.97. The van der Waals surface area contributed by atoms with Crippen LogP contribution in [0.5, 0.6) is 11.5 Å². The Morgan fingerprint density at radius 3 is 2.60 bits per heavy atom. The summed E-state index contributed by atoms with van der Waals surface area (Å²) in [5, 5.41) is 5.92. The molecule has 0 aromatic heterocycles. The fourth-order valence-electron chi connectivity index (χ4n) is 2.60. The zero-order chi connectivity index (χ0) is 21.8. The van der Waals surface area contributed by atoms with E-state index in [-0.39, 0.29) is 24.8 Å². The number of hydrogen-bond donors (Lipinski definition) is 2. The van der Waals surface area contributed by atoms with Crippen molar-refractivity contribution in [3.8, 4) is 11.5 Å². The lowest BCUT2D eigenvalue weighted by Crippen LogP contribution is -2.29. The summed E-state index contributed by atoms with van der Waals surface area (Å²) in [4.78, 5) is 23.9. The maximum Gasteiger partial charge on any atom is 0.244 e. The van der Waals surface area contributed by atoms with Crippen LogP contribution >= 0.6 is 11.6 Å². The molecule has 2 aromatic carbocycles. The summed E-state index contributed by atoms with van der Waals surface area (Å²) < 4.78 is 10.9. The molecule has 0 atom stereocenters. The minimum absolute atomic E-state index is 0.123. The molecule has 160 valence electrons. The van der Waals surface area contributed by atoms with E-state index >= 15 is 0 Å². The molecule has 2 aromatic rings. The van der Waals surface area contributed by atoms with Crippen LogP contribution in [-0.4, -0.2) is 32.1 Å². The van der Waals surface area contributed by atoms with Crippen LogP contribution in [0.2, 0.25) is 5.02 Å². The van der Waals surface area contributed by atoms with Gasteiger partial charge in [-0.3, -0.25) is 9.59 Å². The number of methoxy groups -OCH3 is 1. The molecule has 0 saturated carbocycles. The van der Waals surface area contributed by atoms with Crippen LogP contribution in [0.1, 0.15) is 30.9 Å². The number of ether oxygens (including phenoxy) is 2. The highest BCUT2D eigenvalue weighted by molar-refractivity contribution is 6.32. The highest BCUT2D eigenvalue weighted by Gasteiger charge is 2.11. The molecule has 0 unspecified atom stereocenters. The fourth-order valence-corrected chi connectivity index (χ4v) is 2.87. The molecular formula is C23H27ClN2O4. The van der Waals surface area contributed by atoms with Gasteiger partial charge in [-0.25, -0.2) is 0 Å². The Hall–Kier alpha value is -2.99. The van der Waals surface area contributed by atoms with Gasteiger partial charge in [-0.1, -0.05) is 48.9 Å². The topological polar surface area (TPSA) is 76.7 Å². The first-order chi connectivity index (χ1) is 14.5. The number of amides is 2. The highest BCUT2D eigenvalue weighted by atomic mass is 35.5. The number of hydrogen-bond acceptors (Lipinski definition) is 4. The SMILES string of the molecule is CCCOc1c(Cl)cc(/C=C/C(=O)NCCC(=O)NCc2ccccc2)cc1OC. The third-order valence-corrected chi connectivity index (χ3v) is 4.39. The van der Waals surface area contributed by atoms with Crippen LogP contribution in [0.4, 0.5) is 0 Å². The molecule has 0 aliphatic carbocycles. The lowest BCUT2D eigenvalue weighted by atomic mass is 10.2. The van der Waals surface area contributed by atoms with E-state index in [1.165, 1.54) is 13.2 Å². The lowest BCUT2D eigenvalue weighted by molar-refractivity contribution is -0.121. The average molecular weight is 431 g/mol. The molecule has 0 saturated heterocycles. The Morgan fingerprint density at radius 2 is 1.90 bits per heavy atom. The van der Waals surface area contributed by atoms with Gasteiger partial charge in [-0.2, -0.15) is 0 Å². The number of nitrogens with one attached hydrogen (secondary N) is 2. The van der Waals surface area contributed by atoms with Gasteiger partial charge in [0.05, 0.1) is 18.7 Å². The third kappa shape index (κ3) is 7.79. The maximum atomic E-state index is 12.0. The molecule has 0 aliphatic rings. The monoisotopic (exact) mass is 430 g/mol. The van der Waals surface area contributed by atoms with Gasteiger partial charge in [0.2, 0.25) is 11.8 Å². The van der Waals surface area contributed by atoms with Gasteiger partial charge in [0, 0.05) is 25.6 Å². The molecule has 0 spiro atoms. The van der Waals surface area contributed by atoms with Crippen molar-refractivity contribution in [1.29, 1.82) is 0 Å². The maximum absolute atomic E-state index is 12.0. The summed E-state index contributed by atoms with van der Waals surface area (Å²) in [6.45, 7) is 3.25. The standard InChI is InChI=1S/C23H27ClN2O4/c1-3-13-30-23-19(24)14-18(15-20(23)29-2)9-10-21(27)25-12-11-22(28)26-16-17-7-5-4-6-8-17/h4-10,14-15H,3,11-13,16H2,1-2H3,(H,25,27)(H,26,28)/b10-9+. The second kappa shape index (κ2) is 12.5. The van der Waals surface area contributed by atoms with Gasteiger partial charge in [-0.05, 0) is 35.8 Å². The molecule has 0 radical (unpaired) electrons. The van der Waals surface area contributed by atoms with Crippen LogP contribution in [0.25, 0.3) is 6.08 Å². The second-order valence-corrected chi connectivity index (χ2v) is 6.93. The Bertz CT molecular complexity index is 869. The van der Waals surface area contributed by atoms with Gasteiger partial charge in [0.25, 0.3) is 0 Å². The number of benzene rings is 2. The molecule has 0 heterocycles. The van der Waals surface area contributed by atoms with E-state index in [2.05, 4.69) is 10.6 Å². The summed E-state index contributed by atoms with van der Waals surface area (Å²) in [6, 6.07) is 13.1. The van der Waals surface area contributed by atoms with Crippen molar-refractivity contribution in [2.24, 2.45) is 0 Å². The number of halogens is 1. The molecule has 2 amide bonds. The third-order valence-electron chi connectivity index (χ3n) is 4.11. The summed E-state index contributed by atoms with van der Waals surface area (Å²) in [5.74, 6) is 0.574. The first-order valence-electron chi connectivity index (χ1n) is 9.80. The van der Waals surface area contributed by atoms with Crippen molar-refractivity contribution in [2.75, 3.05) is 20.3 Å². The Kier molecular flexibility index (Phi) is 9.74. The number of carbonyl (C=O) groups excluding carboxylic acids is 2. The summed E-state index contributed by atoms with van der Waals surface area (Å²) in [5.41, 5.74) is 1.73. The average Bonchev–Trinajstić information content (AvgIpc) is 2.76. The number of rotatable bonds is 11. The molecule has 0 fully saturated rings. The molecule has 2 rings (SSSR count). The van der Waals surface area contributed by atoms with Crippen LogP contribution in [0, 0.1) is 0 Å². The molecule has 7 heteroatoms. The fraction of sp³-hybridized carbons (Fsp3) is 0.304. The molecular weight excluding hydrogens is 404 g/mol. The minimum Gasteiger partial charge on any atom is -0.493 e. The normalized spacial score (nSPS) is 10.6. The van der Waals surface area contributed by atoms with E-state index < -0.39 is 0 Å². The van der Waals surface area contributed by atoms with Crippen LogP contribution < -0.4 is 20.1 Å². The van der Waals surface area contributed by atoms with Gasteiger partial charge >= 0.3 is 0 Å². The quantitative estimate of drug-likeness (QED) is 0.529. The van der Waals surface area contributed by atoms with Crippen molar-refractivity contribution >= 4 is 29.5 Å². The molecule has 6 nitrogen and oxygen atoms in total. The smallest absolute Gasteiger partial charge is 0.244 e. The van der Waals surface area contributed by atoms with Crippen LogP contribution in [0.3, 0.4) is 0 Å². The van der Waals surface area contributed by atoms with Gasteiger partial charge in [-0.15, -0.1) is 0 Å². The van der Waals surface area contributed by atoms with Gasteiger partial charge in [0.15, 0.2) is 11.5 Å². The first kappa shape index (κ1) is 23.3. The van der Waals surface area contributed by atoms with Crippen molar-refractivity contribution in [2.45, 2.75) is 26.3 Å². The van der Waals surface area contributed by atoms with Gasteiger partial charge < -0.3 is 20.1 Å². The molecule has 2 N–H and O–H groups in total. The summed E-state index contributed by atoms with van der Waals surface area (Å²) in [6.07, 6.45) is 4.07. The Morgan fingerprint density at radius 1 is 1.13 bits per heavy atom. The number of carbonyl (C=O) groups is 2. The van der Waals surface area contributed by atoms with E-state index in [0.29, 0.717) is 35.2 Å². The van der Waals surface area contributed by atoms with E-state index in [4.69, 9.17) is 21.1 Å². The lowest BCUT2D eigenvalue weighted by Gasteiger charge is -2.12. The summed E-state index contributed by atoms with van der Waals surface area (Å²) >= 11 is 6.27.